The Morgan fingerprint density at radius 2 is 2.19 bits per heavy atom. The van der Waals surface area contributed by atoms with Gasteiger partial charge in [0.2, 0.25) is 0 Å². The van der Waals surface area contributed by atoms with Crippen molar-refractivity contribution in [3.8, 4) is 0 Å². The number of anilines is 2. The smallest absolute Gasteiger partial charge is 0.0601 e. The topological polar surface area (TPSA) is 29.3 Å². The molecule has 1 aliphatic rings. The highest BCUT2D eigenvalue weighted by molar-refractivity contribution is 14.1. The summed E-state index contributed by atoms with van der Waals surface area (Å²) in [5.74, 6) is 1.18. The summed E-state index contributed by atoms with van der Waals surface area (Å²) in [6.07, 6.45) is 0. The molecule has 0 aromatic heterocycles. The fourth-order valence-electron chi connectivity index (χ4n) is 2.04. The maximum absolute atomic E-state index is 6.09. The molecule has 1 aromatic rings. The van der Waals surface area contributed by atoms with E-state index < -0.39 is 0 Å². The zero-order chi connectivity index (χ0) is 11.8. The fraction of sp³-hybridized carbons (Fsp3) is 0.500. The second kappa shape index (κ2) is 4.64. The highest BCUT2D eigenvalue weighted by atomic mass is 127. The molecule has 1 saturated heterocycles. The van der Waals surface area contributed by atoms with E-state index in [1.807, 2.05) is 17.8 Å². The summed E-state index contributed by atoms with van der Waals surface area (Å²) in [5.41, 5.74) is 8.17. The van der Waals surface area contributed by atoms with E-state index in [1.165, 1.54) is 15.0 Å². The van der Waals surface area contributed by atoms with E-state index in [1.54, 1.807) is 0 Å². The summed E-state index contributed by atoms with van der Waals surface area (Å²) < 4.78 is 1.53. The molecular formula is C12H17IN2S. The molecule has 0 amide bonds. The number of nitrogens with two attached hydrogens (primary N) is 1. The van der Waals surface area contributed by atoms with Crippen molar-refractivity contribution in [3.63, 3.8) is 0 Å². The van der Waals surface area contributed by atoms with Crippen LogP contribution in [0.5, 0.6) is 0 Å². The third-order valence-corrected chi connectivity index (χ3v) is 4.72. The average Bonchev–Trinajstić information content (AvgIpc) is 2.15. The van der Waals surface area contributed by atoms with Crippen molar-refractivity contribution < 1.29 is 0 Å². The number of nitrogen functional groups attached to an aromatic ring is 1. The summed E-state index contributed by atoms with van der Waals surface area (Å²) >= 11 is 4.34. The average molecular weight is 348 g/mol. The first-order valence-electron chi connectivity index (χ1n) is 5.42. The van der Waals surface area contributed by atoms with Crippen molar-refractivity contribution in [1.82, 2.24) is 0 Å². The van der Waals surface area contributed by atoms with Gasteiger partial charge in [-0.2, -0.15) is 11.8 Å². The predicted octanol–water partition coefficient (Wildman–Crippen LogP) is 3.21. The van der Waals surface area contributed by atoms with E-state index in [9.17, 15) is 0 Å². The minimum absolute atomic E-state index is 0.327. The van der Waals surface area contributed by atoms with Crippen molar-refractivity contribution in [2.75, 3.05) is 29.5 Å². The number of nitrogens with zero attached hydrogens (tertiary/aromatic N) is 1. The molecular weight excluding hydrogens is 331 g/mol. The van der Waals surface area contributed by atoms with Crippen LogP contribution >= 0.6 is 34.4 Å². The predicted molar refractivity (Wildman–Crippen MR) is 82.3 cm³/mol. The van der Waals surface area contributed by atoms with Crippen LogP contribution in [0.25, 0.3) is 0 Å². The molecule has 16 heavy (non-hydrogen) atoms. The molecule has 0 spiro atoms. The van der Waals surface area contributed by atoms with Gasteiger partial charge in [-0.25, -0.2) is 0 Å². The van der Waals surface area contributed by atoms with Crippen molar-refractivity contribution in [2.45, 2.75) is 18.6 Å². The normalized spacial score (nSPS) is 19.8. The molecule has 2 N–H and O–H groups in total. The molecule has 1 aromatic carbocycles. The zero-order valence-electron chi connectivity index (χ0n) is 9.66. The second-order valence-electron chi connectivity index (χ2n) is 4.73. The van der Waals surface area contributed by atoms with Crippen LogP contribution in [0.3, 0.4) is 0 Å². The fourth-order valence-corrected chi connectivity index (χ4v) is 3.66. The van der Waals surface area contributed by atoms with Gasteiger partial charge in [-0.3, -0.25) is 0 Å². The van der Waals surface area contributed by atoms with E-state index >= 15 is 0 Å². The lowest BCUT2D eigenvalue weighted by Crippen LogP contribution is -2.43. The largest absolute Gasteiger partial charge is 0.397 e. The maximum atomic E-state index is 6.09. The van der Waals surface area contributed by atoms with Crippen LogP contribution in [-0.2, 0) is 0 Å². The Balaban J connectivity index is 2.23. The van der Waals surface area contributed by atoms with Crippen LogP contribution in [0.15, 0.2) is 18.2 Å². The van der Waals surface area contributed by atoms with Crippen molar-refractivity contribution >= 4 is 45.7 Å². The van der Waals surface area contributed by atoms with Gasteiger partial charge < -0.3 is 10.6 Å². The number of hydrogen-bond donors (Lipinski definition) is 1. The first kappa shape index (κ1) is 12.4. The first-order valence-corrected chi connectivity index (χ1v) is 7.48. The highest BCUT2D eigenvalue weighted by Gasteiger charge is 2.27. The molecule has 4 heteroatoms. The quantitative estimate of drug-likeness (QED) is 0.624. The molecule has 1 fully saturated rings. The molecule has 0 bridgehead atoms. The number of benzene rings is 1. The molecule has 0 radical (unpaired) electrons. The first-order chi connectivity index (χ1) is 7.48. The molecule has 2 rings (SSSR count). The molecule has 0 aliphatic carbocycles. The van der Waals surface area contributed by atoms with Gasteiger partial charge in [-0.1, -0.05) is 0 Å². The molecule has 0 unspecified atom stereocenters. The second-order valence-corrected chi connectivity index (χ2v) is 7.78. The summed E-state index contributed by atoms with van der Waals surface area (Å²) in [7, 11) is 0. The standard InChI is InChI=1S/C12H17IN2S/c1-12(2)8-15(5-6-16-12)11-4-3-9(13)7-10(11)14/h3-4,7H,5-6,8,14H2,1-2H3. The van der Waals surface area contributed by atoms with Crippen LogP contribution in [0, 0.1) is 3.57 Å². The van der Waals surface area contributed by atoms with Crippen LogP contribution in [-0.4, -0.2) is 23.6 Å². The van der Waals surface area contributed by atoms with Gasteiger partial charge in [0.15, 0.2) is 0 Å². The van der Waals surface area contributed by atoms with Crippen LogP contribution in [0.1, 0.15) is 13.8 Å². The van der Waals surface area contributed by atoms with Crippen LogP contribution < -0.4 is 10.6 Å². The van der Waals surface area contributed by atoms with Crippen LogP contribution in [0.4, 0.5) is 11.4 Å². The minimum atomic E-state index is 0.327. The van der Waals surface area contributed by atoms with Gasteiger partial charge >= 0.3 is 0 Å². The molecule has 88 valence electrons. The Morgan fingerprint density at radius 1 is 1.44 bits per heavy atom. The maximum Gasteiger partial charge on any atom is 0.0601 e. The van der Waals surface area contributed by atoms with Gasteiger partial charge in [-0.05, 0) is 54.6 Å². The van der Waals surface area contributed by atoms with E-state index in [0.717, 1.165) is 18.8 Å². The number of halogens is 1. The van der Waals surface area contributed by atoms with Gasteiger partial charge in [0, 0.05) is 27.2 Å². The minimum Gasteiger partial charge on any atom is -0.397 e. The van der Waals surface area contributed by atoms with E-state index in [0.29, 0.717) is 4.75 Å². The lowest BCUT2D eigenvalue weighted by Gasteiger charge is -2.39. The van der Waals surface area contributed by atoms with Crippen LogP contribution in [0.2, 0.25) is 0 Å². The molecule has 1 aliphatic heterocycles. The van der Waals surface area contributed by atoms with Gasteiger partial charge in [-0.15, -0.1) is 0 Å². The summed E-state index contributed by atoms with van der Waals surface area (Å²) in [6.45, 7) is 6.76. The van der Waals surface area contributed by atoms with Crippen molar-refractivity contribution in [3.05, 3.63) is 21.8 Å². The third kappa shape index (κ3) is 2.77. The van der Waals surface area contributed by atoms with E-state index in [4.69, 9.17) is 5.73 Å². The van der Waals surface area contributed by atoms with Crippen molar-refractivity contribution in [2.24, 2.45) is 0 Å². The lowest BCUT2D eigenvalue weighted by atomic mass is 10.1. The Hall–Kier alpha value is -0.100. The van der Waals surface area contributed by atoms with Gasteiger partial charge in [0.05, 0.1) is 11.4 Å². The zero-order valence-corrected chi connectivity index (χ0v) is 12.6. The number of thioether (sulfide) groups is 1. The Kier molecular flexibility index (Phi) is 3.59. The molecule has 1 heterocycles. The number of rotatable bonds is 1. The summed E-state index contributed by atoms with van der Waals surface area (Å²) in [6, 6.07) is 6.31. The molecule has 2 nitrogen and oxygen atoms in total. The Labute approximate surface area is 115 Å². The SMILES string of the molecule is CC1(C)CN(c2ccc(I)cc2N)CCS1. The Bertz CT molecular complexity index is 393. The summed E-state index contributed by atoms with van der Waals surface area (Å²) in [4.78, 5) is 2.40. The monoisotopic (exact) mass is 348 g/mol. The van der Waals surface area contributed by atoms with Gasteiger partial charge in [0.25, 0.3) is 0 Å². The van der Waals surface area contributed by atoms with Crippen molar-refractivity contribution in [1.29, 1.82) is 0 Å². The van der Waals surface area contributed by atoms with E-state index in [2.05, 4.69) is 53.5 Å². The summed E-state index contributed by atoms with van der Waals surface area (Å²) in [5, 5.41) is 0. The molecule has 0 saturated carbocycles. The highest BCUT2D eigenvalue weighted by Crippen LogP contribution is 2.34. The Morgan fingerprint density at radius 3 is 2.81 bits per heavy atom. The third-order valence-electron chi connectivity index (χ3n) is 2.76. The lowest BCUT2D eigenvalue weighted by molar-refractivity contribution is 0.648. The van der Waals surface area contributed by atoms with Gasteiger partial charge in [0.1, 0.15) is 0 Å². The van der Waals surface area contributed by atoms with E-state index in [-0.39, 0.29) is 0 Å². The molecule has 0 atom stereocenters. The number of hydrogen-bond acceptors (Lipinski definition) is 3.